The molecule has 0 aliphatic rings. The second kappa shape index (κ2) is 9.18. The summed E-state index contributed by atoms with van der Waals surface area (Å²) in [5.74, 6) is -0.266. The summed E-state index contributed by atoms with van der Waals surface area (Å²) in [6.45, 7) is -0.205. The van der Waals surface area contributed by atoms with Crippen molar-refractivity contribution in [1.82, 2.24) is 9.36 Å². The molecule has 3 rings (SSSR count). The van der Waals surface area contributed by atoms with E-state index in [4.69, 9.17) is 9.47 Å². The first-order valence-electron chi connectivity index (χ1n) is 8.07. The topological polar surface area (TPSA) is 67.7 Å². The highest BCUT2D eigenvalue weighted by Gasteiger charge is 2.19. The average Bonchev–Trinajstić information content (AvgIpc) is 3.24. The largest absolute Gasteiger partial charge is 0.497 e. The quantitative estimate of drug-likeness (QED) is 0.546. The maximum absolute atomic E-state index is 14.3. The van der Waals surface area contributed by atoms with E-state index in [-0.39, 0.29) is 10.5 Å². The van der Waals surface area contributed by atoms with Crippen molar-refractivity contribution in [2.24, 2.45) is 0 Å². The number of aromatic nitrogens is 2. The highest BCUT2D eigenvalue weighted by molar-refractivity contribution is 8.00. The smallest absolute Gasteiger partial charge is 0.215 e. The second-order valence-electron chi connectivity index (χ2n) is 5.56. The van der Waals surface area contributed by atoms with Crippen LogP contribution in [0.25, 0.3) is 0 Å². The maximum atomic E-state index is 14.3. The Balaban J connectivity index is 1.94. The summed E-state index contributed by atoms with van der Waals surface area (Å²) in [5, 5.41) is 9.81. The Hall–Kier alpha value is -2.43. The summed E-state index contributed by atoms with van der Waals surface area (Å²) in [6.07, 6.45) is 1.40. The SMILES string of the molecule is COc1ccc(CN(Sc2cc(CO)c(F)cc2F)c2ncns2)c(OC)c1. The number of aliphatic hydroxyl groups excluding tert-OH is 1. The van der Waals surface area contributed by atoms with Gasteiger partial charge in [0.2, 0.25) is 5.13 Å². The summed E-state index contributed by atoms with van der Waals surface area (Å²) in [5.41, 5.74) is 0.832. The molecule has 0 radical (unpaired) electrons. The molecule has 0 atom stereocenters. The fourth-order valence-electron chi connectivity index (χ4n) is 2.43. The minimum absolute atomic E-state index is 0.0168. The first-order chi connectivity index (χ1) is 13.5. The number of ether oxygens (including phenoxy) is 2. The van der Waals surface area contributed by atoms with Gasteiger partial charge >= 0.3 is 0 Å². The van der Waals surface area contributed by atoms with Crippen LogP contribution in [0.15, 0.2) is 41.6 Å². The second-order valence-corrected chi connectivity index (χ2v) is 7.38. The standard InChI is InChI=1S/C18H17F2N3O3S2/c1-25-13-4-3-11(16(6-13)26-2)8-23(18-21-10-22-27-18)28-17-5-12(9-24)14(19)7-15(17)20/h3-7,10,24H,8-9H2,1-2H3. The van der Waals surface area contributed by atoms with Crippen molar-refractivity contribution in [3.63, 3.8) is 0 Å². The highest BCUT2D eigenvalue weighted by atomic mass is 32.2. The van der Waals surface area contributed by atoms with Gasteiger partial charge in [0, 0.05) is 34.8 Å². The lowest BCUT2D eigenvalue weighted by molar-refractivity contribution is 0.275. The van der Waals surface area contributed by atoms with Gasteiger partial charge in [-0.1, -0.05) is 0 Å². The van der Waals surface area contributed by atoms with Gasteiger partial charge in [-0.3, -0.25) is 4.31 Å². The Morgan fingerprint density at radius 2 is 1.93 bits per heavy atom. The summed E-state index contributed by atoms with van der Waals surface area (Å²) in [4.78, 5) is 4.35. The van der Waals surface area contributed by atoms with Gasteiger partial charge < -0.3 is 14.6 Å². The third-order valence-corrected chi connectivity index (χ3v) is 5.69. The maximum Gasteiger partial charge on any atom is 0.215 e. The van der Waals surface area contributed by atoms with E-state index in [1.807, 2.05) is 6.07 Å². The average molecular weight is 425 g/mol. The molecule has 0 amide bonds. The van der Waals surface area contributed by atoms with Gasteiger partial charge in [0.25, 0.3) is 0 Å². The van der Waals surface area contributed by atoms with Crippen LogP contribution >= 0.6 is 23.5 Å². The van der Waals surface area contributed by atoms with Gasteiger partial charge in [-0.05, 0) is 30.1 Å². The van der Waals surface area contributed by atoms with Gasteiger partial charge in [0.05, 0.1) is 32.3 Å². The molecular formula is C18H17F2N3O3S2. The van der Waals surface area contributed by atoms with Gasteiger partial charge in [0.15, 0.2) is 0 Å². The summed E-state index contributed by atoms with van der Waals surface area (Å²) in [6, 6.07) is 7.44. The van der Waals surface area contributed by atoms with Crippen molar-refractivity contribution in [2.75, 3.05) is 18.5 Å². The molecule has 1 heterocycles. The van der Waals surface area contributed by atoms with Crippen molar-refractivity contribution in [3.8, 4) is 11.5 Å². The number of halogens is 2. The molecule has 0 saturated heterocycles. The van der Waals surface area contributed by atoms with E-state index in [9.17, 15) is 13.9 Å². The van der Waals surface area contributed by atoms with E-state index in [1.54, 1.807) is 30.7 Å². The Morgan fingerprint density at radius 3 is 2.57 bits per heavy atom. The Kier molecular flexibility index (Phi) is 6.65. The van der Waals surface area contributed by atoms with Crippen molar-refractivity contribution in [3.05, 3.63) is 59.4 Å². The lowest BCUT2D eigenvalue weighted by atomic mass is 10.2. The van der Waals surface area contributed by atoms with Gasteiger partial charge in [0.1, 0.15) is 29.5 Å². The molecule has 6 nitrogen and oxygen atoms in total. The minimum atomic E-state index is -0.788. The molecule has 1 N–H and O–H groups in total. The van der Waals surface area contributed by atoms with Crippen LogP contribution in [0.4, 0.5) is 13.9 Å². The fourth-order valence-corrected chi connectivity index (χ4v) is 3.99. The molecule has 0 aliphatic carbocycles. The third-order valence-electron chi connectivity index (χ3n) is 3.85. The summed E-state index contributed by atoms with van der Waals surface area (Å²) >= 11 is 2.18. The van der Waals surface area contributed by atoms with E-state index >= 15 is 0 Å². The van der Waals surface area contributed by atoms with Crippen LogP contribution in [0.1, 0.15) is 11.1 Å². The van der Waals surface area contributed by atoms with Crippen molar-refractivity contribution >= 4 is 28.6 Å². The van der Waals surface area contributed by atoms with Gasteiger partial charge in [-0.15, -0.1) is 0 Å². The van der Waals surface area contributed by atoms with Crippen molar-refractivity contribution in [1.29, 1.82) is 0 Å². The van der Waals surface area contributed by atoms with Crippen LogP contribution in [0.2, 0.25) is 0 Å². The molecule has 1 aromatic heterocycles. The minimum Gasteiger partial charge on any atom is -0.497 e. The van der Waals surface area contributed by atoms with Crippen LogP contribution in [0, 0.1) is 11.6 Å². The molecular weight excluding hydrogens is 408 g/mol. The number of rotatable bonds is 8. The zero-order valence-electron chi connectivity index (χ0n) is 15.1. The number of methoxy groups -OCH3 is 2. The number of benzene rings is 2. The van der Waals surface area contributed by atoms with Gasteiger partial charge in [-0.2, -0.15) is 4.37 Å². The van der Waals surface area contributed by atoms with Crippen LogP contribution in [-0.4, -0.2) is 28.7 Å². The number of aliphatic hydroxyl groups is 1. The number of hydrogen-bond donors (Lipinski definition) is 1. The molecule has 3 aromatic rings. The Labute approximate surface area is 169 Å². The third kappa shape index (κ3) is 4.51. The van der Waals surface area contributed by atoms with Crippen LogP contribution in [0.5, 0.6) is 11.5 Å². The molecule has 0 bridgehead atoms. The van der Waals surface area contributed by atoms with E-state index in [2.05, 4.69) is 9.36 Å². The lowest BCUT2D eigenvalue weighted by Gasteiger charge is -2.22. The number of anilines is 1. The lowest BCUT2D eigenvalue weighted by Crippen LogP contribution is -2.15. The van der Waals surface area contributed by atoms with Crippen LogP contribution < -0.4 is 13.8 Å². The molecule has 10 heteroatoms. The van der Waals surface area contributed by atoms with Crippen molar-refractivity contribution in [2.45, 2.75) is 18.0 Å². The fraction of sp³-hybridized carbons (Fsp3) is 0.222. The Morgan fingerprint density at radius 1 is 1.11 bits per heavy atom. The van der Waals surface area contributed by atoms with E-state index in [0.717, 1.165) is 35.1 Å². The number of hydrogen-bond acceptors (Lipinski definition) is 8. The molecule has 0 fully saturated rings. The predicted octanol–water partition coefficient (Wildman–Crippen LogP) is 4.04. The first kappa shape index (κ1) is 20.3. The number of nitrogens with zero attached hydrogens (tertiary/aromatic N) is 3. The van der Waals surface area contributed by atoms with E-state index in [1.165, 1.54) is 12.4 Å². The zero-order valence-corrected chi connectivity index (χ0v) is 16.7. The normalized spacial score (nSPS) is 10.8. The monoisotopic (exact) mass is 425 g/mol. The molecule has 0 saturated carbocycles. The highest BCUT2D eigenvalue weighted by Crippen LogP contribution is 2.36. The molecule has 0 aliphatic heterocycles. The van der Waals surface area contributed by atoms with Gasteiger partial charge in [-0.25, -0.2) is 13.8 Å². The first-order valence-corrected chi connectivity index (χ1v) is 9.62. The van der Waals surface area contributed by atoms with Crippen LogP contribution in [-0.2, 0) is 13.2 Å². The summed E-state index contributed by atoms with van der Waals surface area (Å²) < 4.78 is 44.4. The Bertz CT molecular complexity index is 942. The summed E-state index contributed by atoms with van der Waals surface area (Å²) in [7, 11) is 3.11. The predicted molar refractivity (Wildman–Crippen MR) is 104 cm³/mol. The molecule has 0 unspecified atom stereocenters. The molecule has 28 heavy (non-hydrogen) atoms. The van der Waals surface area contributed by atoms with Crippen LogP contribution in [0.3, 0.4) is 0 Å². The van der Waals surface area contributed by atoms with E-state index < -0.39 is 18.2 Å². The molecule has 0 spiro atoms. The van der Waals surface area contributed by atoms with E-state index in [0.29, 0.717) is 23.2 Å². The zero-order chi connectivity index (χ0) is 20.1. The molecule has 148 valence electrons. The van der Waals surface area contributed by atoms with Crippen molar-refractivity contribution < 1.29 is 23.4 Å². The molecule has 2 aromatic carbocycles.